The minimum Gasteiger partial charge on any atom is -0.374 e. The Morgan fingerprint density at radius 2 is 2.28 bits per heavy atom. The molecule has 1 heterocycles. The number of hydrogen-bond acceptors (Lipinski definition) is 4. The number of nitrogens with zero attached hydrogens (tertiary/aromatic N) is 1. The highest BCUT2D eigenvalue weighted by atomic mass is 16.5. The van der Waals surface area contributed by atoms with Crippen molar-refractivity contribution in [1.29, 1.82) is 0 Å². The van der Waals surface area contributed by atoms with E-state index in [-0.39, 0.29) is 12.1 Å². The third-order valence-corrected chi connectivity index (χ3v) is 4.13. The molecule has 18 heavy (non-hydrogen) atoms. The van der Waals surface area contributed by atoms with Crippen molar-refractivity contribution in [3.05, 3.63) is 11.6 Å². The largest absolute Gasteiger partial charge is 0.374 e. The zero-order valence-electron chi connectivity index (χ0n) is 11.7. The van der Waals surface area contributed by atoms with E-state index in [4.69, 9.17) is 10.6 Å². The predicted molar refractivity (Wildman–Crippen MR) is 74.1 cm³/mol. The number of hydrogen-bond donors (Lipinski definition) is 2. The Morgan fingerprint density at radius 3 is 2.89 bits per heavy atom. The summed E-state index contributed by atoms with van der Waals surface area (Å²) in [7, 11) is 0. The molecular weight excluding hydrogens is 226 g/mol. The Labute approximate surface area is 111 Å². The fraction of sp³-hybridized carbons (Fsp3) is 0.857. The molecule has 1 aliphatic carbocycles. The van der Waals surface area contributed by atoms with Crippen LogP contribution in [-0.2, 0) is 4.74 Å². The first-order valence-electron chi connectivity index (χ1n) is 7.23. The Hall–Kier alpha value is -0.420. The van der Waals surface area contributed by atoms with E-state index in [9.17, 15) is 0 Å². The SMILES string of the molecule is CC(C)N1CCOC(C(NN)C2=CCCCC2)C1. The summed E-state index contributed by atoms with van der Waals surface area (Å²) in [5.41, 5.74) is 4.42. The molecule has 1 fully saturated rings. The van der Waals surface area contributed by atoms with E-state index in [1.807, 2.05) is 0 Å². The van der Waals surface area contributed by atoms with Gasteiger partial charge in [0.05, 0.1) is 18.8 Å². The third kappa shape index (κ3) is 3.32. The van der Waals surface area contributed by atoms with E-state index in [0.29, 0.717) is 6.04 Å². The molecule has 2 unspecified atom stereocenters. The van der Waals surface area contributed by atoms with Crippen LogP contribution in [0, 0.1) is 0 Å². The van der Waals surface area contributed by atoms with Gasteiger partial charge in [0.25, 0.3) is 0 Å². The van der Waals surface area contributed by atoms with E-state index < -0.39 is 0 Å². The number of rotatable bonds is 4. The van der Waals surface area contributed by atoms with Gasteiger partial charge in [0.15, 0.2) is 0 Å². The van der Waals surface area contributed by atoms with Gasteiger partial charge in [-0.05, 0) is 39.5 Å². The van der Waals surface area contributed by atoms with E-state index in [0.717, 1.165) is 26.1 Å². The second-order valence-electron chi connectivity index (χ2n) is 5.67. The highest BCUT2D eigenvalue weighted by Gasteiger charge is 2.30. The summed E-state index contributed by atoms with van der Waals surface area (Å²) in [5.74, 6) is 5.77. The van der Waals surface area contributed by atoms with Gasteiger partial charge in [0, 0.05) is 19.1 Å². The molecule has 2 atom stereocenters. The molecule has 4 nitrogen and oxygen atoms in total. The van der Waals surface area contributed by atoms with Crippen molar-refractivity contribution in [2.45, 2.75) is 57.7 Å². The van der Waals surface area contributed by atoms with Gasteiger partial charge in [-0.3, -0.25) is 16.2 Å². The summed E-state index contributed by atoms with van der Waals surface area (Å²) in [6.07, 6.45) is 7.49. The molecule has 4 heteroatoms. The Kier molecular flexibility index (Phi) is 5.18. The summed E-state index contributed by atoms with van der Waals surface area (Å²) >= 11 is 0. The number of allylic oxidation sites excluding steroid dienone is 1. The van der Waals surface area contributed by atoms with Crippen molar-refractivity contribution in [2.75, 3.05) is 19.7 Å². The number of hydrazine groups is 1. The maximum atomic E-state index is 5.94. The molecule has 104 valence electrons. The first-order valence-corrected chi connectivity index (χ1v) is 7.23. The van der Waals surface area contributed by atoms with Crippen LogP contribution in [0.1, 0.15) is 39.5 Å². The Morgan fingerprint density at radius 1 is 1.44 bits per heavy atom. The summed E-state index contributed by atoms with van der Waals surface area (Å²) in [5, 5.41) is 0. The second kappa shape index (κ2) is 6.66. The lowest BCUT2D eigenvalue weighted by molar-refractivity contribution is -0.0503. The molecule has 0 aromatic heterocycles. The van der Waals surface area contributed by atoms with Crippen LogP contribution in [0.5, 0.6) is 0 Å². The molecule has 0 spiro atoms. The quantitative estimate of drug-likeness (QED) is 0.452. The van der Waals surface area contributed by atoms with Crippen LogP contribution in [0.3, 0.4) is 0 Å². The van der Waals surface area contributed by atoms with Gasteiger partial charge in [-0.1, -0.05) is 11.6 Å². The molecule has 1 aliphatic heterocycles. The standard InChI is InChI=1S/C14H27N3O/c1-11(2)17-8-9-18-13(10-17)14(16-15)12-6-4-3-5-7-12/h6,11,13-14,16H,3-5,7-10,15H2,1-2H3. The molecule has 0 amide bonds. The van der Waals surface area contributed by atoms with Crippen LogP contribution < -0.4 is 11.3 Å². The lowest BCUT2D eigenvalue weighted by atomic mass is 9.90. The summed E-state index contributed by atoms with van der Waals surface area (Å²) in [6.45, 7) is 7.31. The third-order valence-electron chi connectivity index (χ3n) is 4.13. The van der Waals surface area contributed by atoms with E-state index >= 15 is 0 Å². The average Bonchev–Trinajstić information content (AvgIpc) is 2.41. The van der Waals surface area contributed by atoms with Gasteiger partial charge in [0.1, 0.15) is 0 Å². The van der Waals surface area contributed by atoms with E-state index in [1.165, 1.54) is 24.8 Å². The Bertz CT molecular complexity index is 291. The van der Waals surface area contributed by atoms with Crippen LogP contribution in [0.2, 0.25) is 0 Å². The van der Waals surface area contributed by atoms with Crippen molar-refractivity contribution in [2.24, 2.45) is 5.84 Å². The van der Waals surface area contributed by atoms with Crippen LogP contribution in [-0.4, -0.2) is 42.8 Å². The topological polar surface area (TPSA) is 50.5 Å². The van der Waals surface area contributed by atoms with Crippen molar-refractivity contribution in [3.8, 4) is 0 Å². The first kappa shape index (κ1) is 14.0. The maximum absolute atomic E-state index is 5.94. The number of nitrogens with one attached hydrogen (secondary N) is 1. The van der Waals surface area contributed by atoms with Crippen LogP contribution in [0.25, 0.3) is 0 Å². The van der Waals surface area contributed by atoms with Crippen LogP contribution in [0.15, 0.2) is 11.6 Å². The number of ether oxygens (including phenoxy) is 1. The van der Waals surface area contributed by atoms with E-state index in [1.54, 1.807) is 0 Å². The molecule has 2 rings (SSSR count). The molecule has 0 radical (unpaired) electrons. The highest BCUT2D eigenvalue weighted by Crippen LogP contribution is 2.24. The van der Waals surface area contributed by atoms with Gasteiger partial charge in [0.2, 0.25) is 0 Å². The summed E-state index contributed by atoms with van der Waals surface area (Å²) in [4.78, 5) is 2.47. The Balaban J connectivity index is 2.00. The minimum atomic E-state index is 0.187. The molecule has 0 aromatic carbocycles. The van der Waals surface area contributed by atoms with Gasteiger partial charge in [-0.15, -0.1) is 0 Å². The lowest BCUT2D eigenvalue weighted by Gasteiger charge is -2.39. The van der Waals surface area contributed by atoms with Gasteiger partial charge in [-0.25, -0.2) is 0 Å². The van der Waals surface area contributed by atoms with Crippen molar-refractivity contribution in [1.82, 2.24) is 10.3 Å². The smallest absolute Gasteiger partial charge is 0.0906 e. The zero-order chi connectivity index (χ0) is 13.0. The zero-order valence-corrected chi connectivity index (χ0v) is 11.7. The lowest BCUT2D eigenvalue weighted by Crippen LogP contribution is -2.56. The number of nitrogens with two attached hydrogens (primary N) is 1. The molecule has 1 saturated heterocycles. The summed E-state index contributed by atoms with van der Waals surface area (Å²) in [6, 6.07) is 0.766. The molecular formula is C14H27N3O. The first-order chi connectivity index (χ1) is 8.72. The van der Waals surface area contributed by atoms with Gasteiger partial charge < -0.3 is 4.74 Å². The van der Waals surface area contributed by atoms with Crippen LogP contribution >= 0.6 is 0 Å². The minimum absolute atomic E-state index is 0.187. The average molecular weight is 253 g/mol. The second-order valence-corrected chi connectivity index (χ2v) is 5.67. The van der Waals surface area contributed by atoms with Crippen molar-refractivity contribution >= 4 is 0 Å². The molecule has 0 aromatic rings. The van der Waals surface area contributed by atoms with E-state index in [2.05, 4.69) is 30.2 Å². The normalized spacial score (nSPS) is 28.2. The van der Waals surface area contributed by atoms with Crippen molar-refractivity contribution in [3.63, 3.8) is 0 Å². The highest BCUT2D eigenvalue weighted by molar-refractivity contribution is 5.15. The fourth-order valence-electron chi connectivity index (χ4n) is 2.97. The molecule has 2 aliphatic rings. The predicted octanol–water partition coefficient (Wildman–Crippen LogP) is 1.43. The number of morpholine rings is 1. The van der Waals surface area contributed by atoms with Gasteiger partial charge in [-0.2, -0.15) is 0 Å². The molecule has 0 saturated carbocycles. The summed E-state index contributed by atoms with van der Waals surface area (Å²) < 4.78 is 5.94. The molecule has 0 bridgehead atoms. The van der Waals surface area contributed by atoms with Gasteiger partial charge >= 0.3 is 0 Å². The molecule has 3 N–H and O–H groups in total. The fourth-order valence-corrected chi connectivity index (χ4v) is 2.97. The monoisotopic (exact) mass is 253 g/mol. The maximum Gasteiger partial charge on any atom is 0.0906 e. The van der Waals surface area contributed by atoms with Crippen molar-refractivity contribution < 1.29 is 4.74 Å². The van der Waals surface area contributed by atoms with Crippen LogP contribution in [0.4, 0.5) is 0 Å².